The largest absolute Gasteiger partial charge is 0.311 e. The molecule has 1 aliphatic rings. The highest BCUT2D eigenvalue weighted by Gasteiger charge is 2.38. The van der Waals surface area contributed by atoms with Gasteiger partial charge in [0.2, 0.25) is 0 Å². The Balaban J connectivity index is 1.13. The molecule has 238 valence electrons. The Hall–Kier alpha value is -5.86. The van der Waals surface area contributed by atoms with Gasteiger partial charge in [-0.3, -0.25) is 0 Å². The highest BCUT2D eigenvalue weighted by Crippen LogP contribution is 2.54. The van der Waals surface area contributed by atoms with Gasteiger partial charge in [0.15, 0.2) is 0 Å². The van der Waals surface area contributed by atoms with Crippen LogP contribution >= 0.6 is 0 Å². The lowest BCUT2D eigenvalue weighted by atomic mass is 9.81. The number of benzene rings is 7. The Morgan fingerprint density at radius 2 is 0.796 bits per heavy atom. The van der Waals surface area contributed by atoms with E-state index in [0.717, 1.165) is 28.4 Å². The lowest BCUT2D eigenvalue weighted by Gasteiger charge is -2.32. The lowest BCUT2D eigenvalue weighted by molar-refractivity contribution is 0.661. The van der Waals surface area contributed by atoms with Gasteiger partial charge in [0, 0.05) is 39.8 Å². The first-order chi connectivity index (χ1) is 24.0. The van der Waals surface area contributed by atoms with E-state index in [-0.39, 0.29) is 11.3 Å². The van der Waals surface area contributed by atoms with E-state index in [1.165, 1.54) is 39.1 Å². The molecule has 1 aliphatic carbocycles. The number of hydrogen-bond donors (Lipinski definition) is 0. The number of anilines is 6. The Morgan fingerprint density at radius 3 is 1.33 bits per heavy atom. The van der Waals surface area contributed by atoms with E-state index < -0.39 is 0 Å². The van der Waals surface area contributed by atoms with Gasteiger partial charge >= 0.3 is 0 Å². The molecule has 0 amide bonds. The van der Waals surface area contributed by atoms with E-state index in [1.54, 1.807) is 0 Å². The molecular formula is C47H40N2. The van der Waals surface area contributed by atoms with Gasteiger partial charge in [0.25, 0.3) is 0 Å². The van der Waals surface area contributed by atoms with Crippen LogP contribution < -0.4 is 9.80 Å². The summed E-state index contributed by atoms with van der Waals surface area (Å²) in [7, 11) is 0. The van der Waals surface area contributed by atoms with Crippen LogP contribution in [0.4, 0.5) is 34.1 Å². The molecule has 0 saturated carbocycles. The summed E-state index contributed by atoms with van der Waals surface area (Å²) >= 11 is 0. The number of hydrogen-bond acceptors (Lipinski definition) is 2. The average molecular weight is 633 g/mol. The summed E-state index contributed by atoms with van der Waals surface area (Å²) in [6, 6.07) is 65.7. The summed E-state index contributed by atoms with van der Waals surface area (Å²) in [5, 5.41) is 0. The molecule has 49 heavy (non-hydrogen) atoms. The fourth-order valence-electron chi connectivity index (χ4n) is 7.63. The van der Waals surface area contributed by atoms with E-state index >= 15 is 0 Å². The van der Waals surface area contributed by atoms with Crippen LogP contribution in [-0.4, -0.2) is 0 Å². The predicted molar refractivity (Wildman–Crippen MR) is 207 cm³/mol. The van der Waals surface area contributed by atoms with Crippen molar-refractivity contribution in [3.63, 3.8) is 0 Å². The molecule has 2 heteroatoms. The number of para-hydroxylation sites is 3. The molecule has 0 fully saturated rings. The molecule has 7 aromatic rings. The maximum atomic E-state index is 2.43. The molecule has 2 nitrogen and oxygen atoms in total. The minimum absolute atomic E-state index is 0.118. The van der Waals surface area contributed by atoms with Gasteiger partial charge in [-0.1, -0.05) is 136 Å². The number of nitrogens with zero attached hydrogens (tertiary/aromatic N) is 2. The summed E-state index contributed by atoms with van der Waals surface area (Å²) in [6.07, 6.45) is 0. The van der Waals surface area contributed by atoms with E-state index in [1.807, 2.05) is 0 Å². The predicted octanol–water partition coefficient (Wildman–Crippen LogP) is 13.1. The molecule has 0 spiro atoms. The van der Waals surface area contributed by atoms with Crippen LogP contribution in [0.1, 0.15) is 48.9 Å². The third kappa shape index (κ3) is 5.50. The summed E-state index contributed by atoms with van der Waals surface area (Å²) in [5.41, 5.74) is 14.8. The summed E-state index contributed by atoms with van der Waals surface area (Å²) in [5.74, 6) is 0.240. The first-order valence-corrected chi connectivity index (χ1v) is 17.2. The number of rotatable bonds is 8. The summed E-state index contributed by atoms with van der Waals surface area (Å²) in [6.45, 7) is 7.02. The monoisotopic (exact) mass is 632 g/mol. The Bertz CT molecular complexity index is 2150. The molecule has 0 bridgehead atoms. The molecule has 1 atom stereocenters. The average Bonchev–Trinajstić information content (AvgIpc) is 3.40. The van der Waals surface area contributed by atoms with Gasteiger partial charge in [-0.05, 0) is 100 Å². The van der Waals surface area contributed by atoms with Crippen molar-refractivity contribution in [3.05, 3.63) is 204 Å². The fraction of sp³-hybridized carbons (Fsp3) is 0.106. The fourth-order valence-corrected chi connectivity index (χ4v) is 7.63. The zero-order valence-corrected chi connectivity index (χ0v) is 28.3. The van der Waals surface area contributed by atoms with Gasteiger partial charge in [0.05, 0.1) is 5.69 Å². The third-order valence-corrected chi connectivity index (χ3v) is 10.1. The zero-order chi connectivity index (χ0) is 33.4. The van der Waals surface area contributed by atoms with Crippen LogP contribution in [0, 0.1) is 0 Å². The van der Waals surface area contributed by atoms with E-state index in [2.05, 4.69) is 213 Å². The minimum atomic E-state index is -0.118. The Labute approximate surface area is 290 Å². The molecule has 7 aromatic carbocycles. The molecule has 0 aliphatic heterocycles. The van der Waals surface area contributed by atoms with Crippen molar-refractivity contribution in [1.29, 1.82) is 0 Å². The summed E-state index contributed by atoms with van der Waals surface area (Å²) < 4.78 is 0. The molecule has 1 unspecified atom stereocenters. The second kappa shape index (κ2) is 12.6. The SMILES string of the molecule is CC(c1ccc(N(c2ccccc2)c2ccccc2)cc1)c1ccc(N(c2ccccc2)c2cccc3c2C(C)(C)c2ccccc2-3)cc1. The van der Waals surface area contributed by atoms with Crippen molar-refractivity contribution in [3.8, 4) is 11.1 Å². The first-order valence-electron chi connectivity index (χ1n) is 17.2. The molecule has 0 N–H and O–H groups in total. The smallest absolute Gasteiger partial charge is 0.0508 e. The normalized spacial score (nSPS) is 13.3. The topological polar surface area (TPSA) is 6.48 Å². The van der Waals surface area contributed by atoms with Gasteiger partial charge in [-0.2, -0.15) is 0 Å². The maximum absolute atomic E-state index is 2.43. The molecule has 0 heterocycles. The quantitative estimate of drug-likeness (QED) is 0.164. The van der Waals surface area contributed by atoms with Crippen molar-refractivity contribution in [2.45, 2.75) is 32.1 Å². The van der Waals surface area contributed by atoms with Gasteiger partial charge in [-0.25, -0.2) is 0 Å². The van der Waals surface area contributed by atoms with Crippen LogP contribution in [0.3, 0.4) is 0 Å². The van der Waals surface area contributed by atoms with E-state index in [0.29, 0.717) is 0 Å². The van der Waals surface area contributed by atoms with Crippen LogP contribution in [0.2, 0.25) is 0 Å². The maximum Gasteiger partial charge on any atom is 0.0508 e. The van der Waals surface area contributed by atoms with Crippen molar-refractivity contribution in [2.24, 2.45) is 0 Å². The number of fused-ring (bicyclic) bond motifs is 3. The minimum Gasteiger partial charge on any atom is -0.311 e. The Morgan fingerprint density at radius 1 is 0.388 bits per heavy atom. The van der Waals surface area contributed by atoms with Crippen LogP contribution in [0.5, 0.6) is 0 Å². The van der Waals surface area contributed by atoms with Gasteiger partial charge < -0.3 is 9.80 Å². The van der Waals surface area contributed by atoms with E-state index in [9.17, 15) is 0 Å². The first kappa shape index (κ1) is 30.5. The van der Waals surface area contributed by atoms with Crippen LogP contribution in [0.15, 0.2) is 182 Å². The van der Waals surface area contributed by atoms with Crippen molar-refractivity contribution in [2.75, 3.05) is 9.80 Å². The molecule has 0 radical (unpaired) electrons. The van der Waals surface area contributed by atoms with Crippen LogP contribution in [-0.2, 0) is 5.41 Å². The van der Waals surface area contributed by atoms with Crippen molar-refractivity contribution < 1.29 is 0 Å². The van der Waals surface area contributed by atoms with Crippen molar-refractivity contribution >= 4 is 34.1 Å². The lowest BCUT2D eigenvalue weighted by Crippen LogP contribution is -2.20. The summed E-state index contributed by atoms with van der Waals surface area (Å²) in [4.78, 5) is 4.74. The Kier molecular flexibility index (Phi) is 7.86. The van der Waals surface area contributed by atoms with Crippen LogP contribution in [0.25, 0.3) is 11.1 Å². The molecule has 0 saturated heterocycles. The standard InChI is InChI=1S/C47H40N2/c1-34(35-26-30-40(31-27-35)48(37-16-7-4-8-17-37)38-18-9-5-10-19-38)36-28-32-41(33-29-36)49(39-20-11-6-12-21-39)45-25-15-23-43-42-22-13-14-24-44(42)47(2,3)46(43)45/h4-34H,1-3H3. The molecular weight excluding hydrogens is 593 g/mol. The second-order valence-electron chi connectivity index (χ2n) is 13.5. The second-order valence-corrected chi connectivity index (χ2v) is 13.5. The van der Waals surface area contributed by atoms with Crippen molar-refractivity contribution in [1.82, 2.24) is 0 Å². The highest BCUT2D eigenvalue weighted by atomic mass is 15.1. The third-order valence-electron chi connectivity index (χ3n) is 10.1. The van der Waals surface area contributed by atoms with Gasteiger partial charge in [-0.15, -0.1) is 0 Å². The zero-order valence-electron chi connectivity index (χ0n) is 28.3. The highest BCUT2D eigenvalue weighted by molar-refractivity contribution is 5.90. The molecule has 8 rings (SSSR count). The van der Waals surface area contributed by atoms with E-state index in [4.69, 9.17) is 0 Å². The van der Waals surface area contributed by atoms with Gasteiger partial charge in [0.1, 0.15) is 0 Å². The molecule has 0 aromatic heterocycles.